The Morgan fingerprint density at radius 3 is 2.53 bits per heavy atom. The Kier molecular flexibility index (Phi) is 6.78. The molecular formula is C23H27N3O4S2. The first-order valence-electron chi connectivity index (χ1n) is 10.8. The van der Waals surface area contributed by atoms with Crippen molar-refractivity contribution >= 4 is 38.9 Å². The van der Waals surface area contributed by atoms with E-state index in [0.29, 0.717) is 43.0 Å². The number of aryl methyl sites for hydroxylation is 2. The summed E-state index contributed by atoms with van der Waals surface area (Å²) >= 11 is 1.54. The molecular weight excluding hydrogens is 446 g/mol. The van der Waals surface area contributed by atoms with Crippen LogP contribution in [-0.2, 0) is 27.7 Å². The molecule has 0 unspecified atom stereocenters. The first-order valence-corrected chi connectivity index (χ1v) is 13.1. The monoisotopic (exact) mass is 473 g/mol. The van der Waals surface area contributed by atoms with Crippen molar-refractivity contribution in [1.29, 1.82) is 0 Å². The Morgan fingerprint density at radius 1 is 1.16 bits per heavy atom. The molecule has 0 bridgehead atoms. The van der Waals surface area contributed by atoms with Crippen molar-refractivity contribution in [2.45, 2.75) is 37.0 Å². The van der Waals surface area contributed by atoms with Gasteiger partial charge in [0.05, 0.1) is 9.77 Å². The van der Waals surface area contributed by atoms with Gasteiger partial charge in [0.2, 0.25) is 15.9 Å². The van der Waals surface area contributed by atoms with Gasteiger partial charge < -0.3 is 10.6 Å². The predicted molar refractivity (Wildman–Crippen MR) is 125 cm³/mol. The summed E-state index contributed by atoms with van der Waals surface area (Å²) in [5.41, 5.74) is 1.84. The number of amides is 2. The molecule has 0 saturated carbocycles. The number of thiophene rings is 1. The topological polar surface area (TPSA) is 95.6 Å². The first kappa shape index (κ1) is 22.7. The van der Waals surface area contributed by atoms with Gasteiger partial charge >= 0.3 is 0 Å². The van der Waals surface area contributed by atoms with Crippen LogP contribution < -0.4 is 10.6 Å². The van der Waals surface area contributed by atoms with Crippen molar-refractivity contribution in [3.05, 3.63) is 58.3 Å². The van der Waals surface area contributed by atoms with E-state index >= 15 is 0 Å². The predicted octanol–water partition coefficient (Wildman–Crippen LogP) is 3.19. The van der Waals surface area contributed by atoms with Crippen molar-refractivity contribution in [2.24, 2.45) is 5.92 Å². The van der Waals surface area contributed by atoms with E-state index in [9.17, 15) is 18.0 Å². The number of rotatable bonds is 7. The molecule has 9 heteroatoms. The minimum Gasteiger partial charge on any atom is -0.352 e. The van der Waals surface area contributed by atoms with Gasteiger partial charge in [-0.1, -0.05) is 6.58 Å². The molecule has 4 rings (SSSR count). The van der Waals surface area contributed by atoms with Gasteiger partial charge in [0.1, 0.15) is 0 Å². The second-order valence-electron chi connectivity index (χ2n) is 8.19. The second kappa shape index (κ2) is 9.56. The third-order valence-electron chi connectivity index (χ3n) is 6.04. The fourth-order valence-electron chi connectivity index (χ4n) is 4.16. The molecule has 1 fully saturated rings. The largest absolute Gasteiger partial charge is 0.352 e. The second-order valence-corrected chi connectivity index (χ2v) is 11.3. The number of sulfonamides is 1. The van der Waals surface area contributed by atoms with E-state index in [1.54, 1.807) is 12.1 Å². The van der Waals surface area contributed by atoms with Crippen molar-refractivity contribution in [3.63, 3.8) is 0 Å². The van der Waals surface area contributed by atoms with Gasteiger partial charge in [0, 0.05) is 30.2 Å². The molecule has 7 nitrogen and oxygen atoms in total. The van der Waals surface area contributed by atoms with Crippen LogP contribution in [0.2, 0.25) is 0 Å². The lowest BCUT2D eigenvalue weighted by molar-refractivity contribution is -0.116. The SMILES string of the molecule is C=CC(=O)NCC1CCN(S(=O)(=O)c2ccc(NC(=O)c3cc4c(s3)CCC4)cc2)CC1. The highest BCUT2D eigenvalue weighted by atomic mass is 32.2. The van der Waals surface area contributed by atoms with Crippen LogP contribution in [0.5, 0.6) is 0 Å². The summed E-state index contributed by atoms with van der Waals surface area (Å²) < 4.78 is 27.5. The number of anilines is 1. The molecule has 2 aliphatic rings. The lowest BCUT2D eigenvalue weighted by Crippen LogP contribution is -2.41. The summed E-state index contributed by atoms with van der Waals surface area (Å²) in [4.78, 5) is 26.0. The smallest absolute Gasteiger partial charge is 0.265 e. The third kappa shape index (κ3) is 4.95. The average molecular weight is 474 g/mol. The molecule has 32 heavy (non-hydrogen) atoms. The van der Waals surface area contributed by atoms with Gasteiger partial charge in [0.15, 0.2) is 0 Å². The Labute approximate surface area is 192 Å². The third-order valence-corrected chi connectivity index (χ3v) is 9.19. The molecule has 2 aromatic rings. The Hall–Kier alpha value is -2.49. The number of carbonyl (C=O) groups is 2. The Balaban J connectivity index is 1.34. The molecule has 2 heterocycles. The molecule has 1 saturated heterocycles. The zero-order valence-electron chi connectivity index (χ0n) is 17.8. The number of nitrogens with one attached hydrogen (secondary N) is 2. The van der Waals surface area contributed by atoms with Crippen LogP contribution in [0.4, 0.5) is 5.69 Å². The van der Waals surface area contributed by atoms with E-state index in [0.717, 1.165) is 19.3 Å². The maximum absolute atomic E-state index is 13.0. The number of hydrogen-bond donors (Lipinski definition) is 2. The van der Waals surface area contributed by atoms with Crippen LogP contribution in [0.25, 0.3) is 0 Å². The number of carbonyl (C=O) groups excluding carboxylic acids is 2. The fraction of sp³-hybridized carbons (Fsp3) is 0.391. The highest BCUT2D eigenvalue weighted by molar-refractivity contribution is 7.89. The maximum atomic E-state index is 13.0. The van der Waals surface area contributed by atoms with Crippen molar-refractivity contribution in [2.75, 3.05) is 25.0 Å². The van der Waals surface area contributed by atoms with Gasteiger partial charge in [-0.15, -0.1) is 11.3 Å². The van der Waals surface area contributed by atoms with Crippen LogP contribution >= 0.6 is 11.3 Å². The summed E-state index contributed by atoms with van der Waals surface area (Å²) in [6.07, 6.45) is 5.85. The van der Waals surface area contributed by atoms with Gasteiger partial charge in [-0.2, -0.15) is 4.31 Å². The van der Waals surface area contributed by atoms with Crippen LogP contribution in [0.1, 0.15) is 39.4 Å². The zero-order chi connectivity index (χ0) is 22.7. The molecule has 0 radical (unpaired) electrons. The van der Waals surface area contributed by atoms with E-state index in [1.165, 1.54) is 44.3 Å². The molecule has 170 valence electrons. The number of hydrogen-bond acceptors (Lipinski definition) is 5. The van der Waals surface area contributed by atoms with Crippen molar-refractivity contribution < 1.29 is 18.0 Å². The van der Waals surface area contributed by atoms with Crippen LogP contribution in [0.15, 0.2) is 47.9 Å². The van der Waals surface area contributed by atoms with Gasteiger partial charge in [-0.25, -0.2) is 8.42 Å². The highest BCUT2D eigenvalue weighted by Crippen LogP contribution is 2.31. The van der Waals surface area contributed by atoms with E-state index in [4.69, 9.17) is 0 Å². The molecule has 1 aliphatic heterocycles. The van der Waals surface area contributed by atoms with Gasteiger partial charge in [-0.3, -0.25) is 9.59 Å². The molecule has 2 N–H and O–H groups in total. The minimum absolute atomic E-state index is 0.161. The normalized spacial score (nSPS) is 17.0. The summed E-state index contributed by atoms with van der Waals surface area (Å²) in [7, 11) is -3.60. The summed E-state index contributed by atoms with van der Waals surface area (Å²) in [6.45, 7) is 4.79. The Morgan fingerprint density at radius 2 is 1.88 bits per heavy atom. The van der Waals surface area contributed by atoms with Crippen LogP contribution in [0, 0.1) is 5.92 Å². The van der Waals surface area contributed by atoms with Crippen LogP contribution in [0.3, 0.4) is 0 Å². The van der Waals surface area contributed by atoms with Crippen molar-refractivity contribution in [1.82, 2.24) is 9.62 Å². The lowest BCUT2D eigenvalue weighted by Gasteiger charge is -2.31. The molecule has 0 atom stereocenters. The highest BCUT2D eigenvalue weighted by Gasteiger charge is 2.29. The fourth-order valence-corrected chi connectivity index (χ4v) is 6.78. The van der Waals surface area contributed by atoms with E-state index in [-0.39, 0.29) is 22.6 Å². The van der Waals surface area contributed by atoms with E-state index in [2.05, 4.69) is 17.2 Å². The first-order chi connectivity index (χ1) is 15.4. The minimum atomic E-state index is -3.60. The number of nitrogens with zero attached hydrogens (tertiary/aromatic N) is 1. The molecule has 1 aromatic heterocycles. The molecule has 1 aromatic carbocycles. The summed E-state index contributed by atoms with van der Waals surface area (Å²) in [5.74, 6) is -0.123. The standard InChI is InChI=1S/C23H27N3O4S2/c1-2-22(27)24-15-16-10-12-26(13-11-16)32(29,30)19-8-6-18(7-9-19)25-23(28)21-14-17-4-3-5-20(17)31-21/h2,6-9,14,16H,1,3-5,10-13,15H2,(H,24,27)(H,25,28). The number of benzene rings is 1. The zero-order valence-corrected chi connectivity index (χ0v) is 19.4. The van der Waals surface area contributed by atoms with Crippen LogP contribution in [-0.4, -0.2) is 44.2 Å². The molecule has 1 aliphatic carbocycles. The quantitative estimate of drug-likeness (QED) is 0.604. The summed E-state index contributed by atoms with van der Waals surface area (Å²) in [6, 6.07) is 8.30. The Bertz CT molecular complexity index is 1090. The summed E-state index contributed by atoms with van der Waals surface area (Å²) in [5, 5.41) is 5.63. The van der Waals surface area contributed by atoms with Gasteiger partial charge in [0.25, 0.3) is 5.91 Å². The van der Waals surface area contributed by atoms with Gasteiger partial charge in [-0.05, 0) is 80.0 Å². The average Bonchev–Trinajstić information content (AvgIpc) is 3.41. The van der Waals surface area contributed by atoms with Crippen molar-refractivity contribution in [3.8, 4) is 0 Å². The van der Waals surface area contributed by atoms with E-state index in [1.807, 2.05) is 6.07 Å². The maximum Gasteiger partial charge on any atom is 0.265 e. The lowest BCUT2D eigenvalue weighted by atomic mass is 9.98. The molecule has 2 amide bonds. The number of fused-ring (bicyclic) bond motifs is 1. The number of piperidine rings is 1. The molecule has 0 spiro atoms. The van der Waals surface area contributed by atoms with E-state index < -0.39 is 10.0 Å².